The monoisotopic (exact) mass is 568 g/mol. The average Bonchev–Trinajstić information content (AvgIpc) is 3.35. The summed E-state index contributed by atoms with van der Waals surface area (Å²) in [5.41, 5.74) is 13.0. The lowest BCUT2D eigenvalue weighted by Gasteiger charge is -2.46. The zero-order chi connectivity index (χ0) is 28.9. The molecule has 0 unspecified atom stereocenters. The van der Waals surface area contributed by atoms with E-state index in [1.54, 1.807) is 0 Å². The maximum atomic E-state index is 6.31. The van der Waals surface area contributed by atoms with Crippen molar-refractivity contribution in [1.29, 1.82) is 0 Å². The highest BCUT2D eigenvalue weighted by molar-refractivity contribution is 6.31. The van der Waals surface area contributed by atoms with E-state index < -0.39 is 0 Å². The van der Waals surface area contributed by atoms with Crippen molar-refractivity contribution in [3.05, 3.63) is 178 Å². The number of fused-ring (bicyclic) bond motifs is 12. The number of hydrogen-bond acceptors (Lipinski definition) is 0. The number of halogens is 1. The van der Waals surface area contributed by atoms with Crippen molar-refractivity contribution < 1.29 is 0 Å². The number of hydrogen-bond donors (Lipinski definition) is 0. The van der Waals surface area contributed by atoms with Gasteiger partial charge in [-0.3, -0.25) is 0 Å². The van der Waals surface area contributed by atoms with Crippen LogP contribution in [-0.2, 0) is 10.8 Å². The van der Waals surface area contributed by atoms with Gasteiger partial charge in [-0.15, -0.1) is 0 Å². The summed E-state index contributed by atoms with van der Waals surface area (Å²) in [6.45, 7) is 4.75. The molecule has 0 heterocycles. The second-order valence-electron chi connectivity index (χ2n) is 12.6. The first-order chi connectivity index (χ1) is 21.0. The van der Waals surface area contributed by atoms with Gasteiger partial charge < -0.3 is 0 Å². The van der Waals surface area contributed by atoms with Crippen LogP contribution in [0.5, 0.6) is 0 Å². The Hall–Kier alpha value is -4.65. The van der Waals surface area contributed by atoms with E-state index in [1.807, 2.05) is 12.1 Å². The van der Waals surface area contributed by atoms with E-state index in [-0.39, 0.29) is 10.8 Å². The fourth-order valence-corrected chi connectivity index (χ4v) is 8.54. The molecular formula is C42H29Cl. The Morgan fingerprint density at radius 1 is 0.442 bits per heavy atom. The molecule has 0 aromatic heterocycles. The highest BCUT2D eigenvalue weighted by Gasteiger charge is 2.53. The Kier molecular flexibility index (Phi) is 5.03. The van der Waals surface area contributed by atoms with Crippen LogP contribution >= 0.6 is 11.6 Å². The van der Waals surface area contributed by atoms with Gasteiger partial charge in [0.2, 0.25) is 0 Å². The molecule has 0 bridgehead atoms. The summed E-state index contributed by atoms with van der Waals surface area (Å²) in [6.07, 6.45) is 0. The molecule has 1 heteroatoms. The predicted molar refractivity (Wildman–Crippen MR) is 181 cm³/mol. The van der Waals surface area contributed by atoms with Crippen LogP contribution < -0.4 is 0 Å². The topological polar surface area (TPSA) is 0 Å². The molecule has 2 aliphatic rings. The van der Waals surface area contributed by atoms with E-state index >= 15 is 0 Å². The predicted octanol–water partition coefficient (Wildman–Crippen LogP) is 11.3. The van der Waals surface area contributed by atoms with Crippen molar-refractivity contribution in [2.45, 2.75) is 24.7 Å². The molecule has 2 aliphatic carbocycles. The Balaban J connectivity index is 1.37. The maximum absolute atomic E-state index is 6.31. The molecule has 9 rings (SSSR count). The Morgan fingerprint density at radius 2 is 0.977 bits per heavy atom. The van der Waals surface area contributed by atoms with Gasteiger partial charge >= 0.3 is 0 Å². The molecule has 7 aromatic carbocycles. The smallest absolute Gasteiger partial charge is 0.0719 e. The molecule has 0 atom stereocenters. The first-order valence-electron chi connectivity index (χ1n) is 15.1. The van der Waals surface area contributed by atoms with Crippen LogP contribution in [0.1, 0.15) is 47.2 Å². The van der Waals surface area contributed by atoms with Gasteiger partial charge in [0, 0.05) is 10.4 Å². The molecule has 0 aliphatic heterocycles. The summed E-state index contributed by atoms with van der Waals surface area (Å²) < 4.78 is 0. The van der Waals surface area contributed by atoms with Crippen molar-refractivity contribution in [2.24, 2.45) is 0 Å². The molecule has 0 nitrogen and oxygen atoms in total. The normalized spacial score (nSPS) is 15.2. The highest BCUT2D eigenvalue weighted by atomic mass is 35.5. The second-order valence-corrected chi connectivity index (χ2v) is 13.0. The maximum Gasteiger partial charge on any atom is 0.0719 e. The van der Waals surface area contributed by atoms with Crippen molar-refractivity contribution in [2.75, 3.05) is 0 Å². The van der Waals surface area contributed by atoms with E-state index in [0.717, 1.165) is 5.02 Å². The van der Waals surface area contributed by atoms with Crippen LogP contribution in [0.3, 0.4) is 0 Å². The minimum absolute atomic E-state index is 0.0981. The van der Waals surface area contributed by atoms with Gasteiger partial charge in [0.15, 0.2) is 0 Å². The minimum Gasteiger partial charge on any atom is -0.0843 e. The molecule has 0 saturated carbocycles. The van der Waals surface area contributed by atoms with Crippen LogP contribution in [0.15, 0.2) is 140 Å². The van der Waals surface area contributed by atoms with Gasteiger partial charge in [-0.05, 0) is 95.4 Å². The summed E-state index contributed by atoms with van der Waals surface area (Å²) >= 11 is 6.31. The van der Waals surface area contributed by atoms with Gasteiger partial charge in [0.25, 0.3) is 0 Å². The molecule has 43 heavy (non-hydrogen) atoms. The van der Waals surface area contributed by atoms with Crippen molar-refractivity contribution in [3.8, 4) is 22.3 Å². The molecule has 0 amide bonds. The van der Waals surface area contributed by atoms with Crippen LogP contribution in [0, 0.1) is 0 Å². The first-order valence-corrected chi connectivity index (χ1v) is 15.4. The highest BCUT2D eigenvalue weighted by Crippen LogP contribution is 2.63. The fourth-order valence-electron chi connectivity index (χ4n) is 8.36. The largest absolute Gasteiger partial charge is 0.0843 e. The summed E-state index contributed by atoms with van der Waals surface area (Å²) in [4.78, 5) is 0. The molecule has 0 radical (unpaired) electrons. The van der Waals surface area contributed by atoms with E-state index in [1.165, 1.54) is 77.2 Å². The summed E-state index contributed by atoms with van der Waals surface area (Å²) in [7, 11) is 0. The Morgan fingerprint density at radius 3 is 1.67 bits per heavy atom. The van der Waals surface area contributed by atoms with Crippen molar-refractivity contribution in [3.63, 3.8) is 0 Å². The first kappa shape index (κ1) is 24.9. The van der Waals surface area contributed by atoms with E-state index in [0.29, 0.717) is 0 Å². The molecule has 0 fully saturated rings. The van der Waals surface area contributed by atoms with Gasteiger partial charge in [0.05, 0.1) is 5.41 Å². The third kappa shape index (κ3) is 3.17. The van der Waals surface area contributed by atoms with Crippen LogP contribution in [0.25, 0.3) is 43.8 Å². The third-order valence-electron chi connectivity index (χ3n) is 10.2. The van der Waals surface area contributed by atoms with Gasteiger partial charge in [0.1, 0.15) is 0 Å². The average molecular weight is 569 g/mol. The summed E-state index contributed by atoms with van der Waals surface area (Å²) in [5.74, 6) is 0. The molecule has 7 aromatic rings. The SMILES string of the molecule is CC1(C)c2ccccc2C2(c3ccccc3-c3c(-c4ccc5c(ccc6cc(Cl)ccc65)c4)cccc32)c2ccccc21. The number of benzene rings is 7. The van der Waals surface area contributed by atoms with E-state index in [2.05, 4.69) is 141 Å². The lowest BCUT2D eigenvalue weighted by molar-refractivity contribution is 0.563. The Bertz CT molecular complexity index is 2240. The number of rotatable bonds is 1. The van der Waals surface area contributed by atoms with E-state index in [4.69, 9.17) is 11.6 Å². The molecule has 1 spiro atoms. The fraction of sp³-hybridized carbons (Fsp3) is 0.0952. The third-order valence-corrected chi connectivity index (χ3v) is 10.4. The van der Waals surface area contributed by atoms with Gasteiger partial charge in [-0.2, -0.15) is 0 Å². The molecule has 204 valence electrons. The van der Waals surface area contributed by atoms with Crippen LogP contribution in [-0.4, -0.2) is 0 Å². The lowest BCUT2D eigenvalue weighted by Crippen LogP contribution is -2.40. The quantitative estimate of drug-likeness (QED) is 0.173. The van der Waals surface area contributed by atoms with Gasteiger partial charge in [-0.1, -0.05) is 147 Å². The molecule has 0 saturated heterocycles. The van der Waals surface area contributed by atoms with E-state index in [9.17, 15) is 0 Å². The minimum atomic E-state index is -0.378. The zero-order valence-electron chi connectivity index (χ0n) is 24.2. The van der Waals surface area contributed by atoms with Crippen LogP contribution in [0.4, 0.5) is 0 Å². The van der Waals surface area contributed by atoms with Crippen molar-refractivity contribution >= 4 is 33.1 Å². The summed E-state index contributed by atoms with van der Waals surface area (Å²) in [5, 5.41) is 5.65. The Labute approximate surface area is 257 Å². The molecular weight excluding hydrogens is 540 g/mol. The lowest BCUT2D eigenvalue weighted by atomic mass is 9.55. The zero-order valence-corrected chi connectivity index (χ0v) is 24.9. The molecule has 0 N–H and O–H groups in total. The second kappa shape index (κ2) is 8.69. The standard InChI is InChI=1S/C42H29Cl/c1-41(2)35-13-5-7-15-37(35)42(38-16-8-6-14-36(38)41)34-12-4-3-10-33(34)40-32(11-9-17-39(40)42)27-20-22-30-26(24-27)18-19-28-25-29(43)21-23-31(28)30/h3-25H,1-2H3. The van der Waals surface area contributed by atoms with Crippen molar-refractivity contribution in [1.82, 2.24) is 0 Å². The van der Waals surface area contributed by atoms with Crippen LogP contribution in [0.2, 0.25) is 5.02 Å². The van der Waals surface area contributed by atoms with Gasteiger partial charge in [-0.25, -0.2) is 0 Å². The summed E-state index contributed by atoms with van der Waals surface area (Å²) in [6, 6.07) is 51.8.